The molecule has 0 aliphatic heterocycles. The molecule has 25 heavy (non-hydrogen) atoms. The van der Waals surface area contributed by atoms with Gasteiger partial charge in [0.05, 0.1) is 23.0 Å². The number of benzene rings is 2. The lowest BCUT2D eigenvalue weighted by Crippen LogP contribution is -2.01. The topological polar surface area (TPSA) is 99.1 Å². The molecule has 5 heteroatoms. The van der Waals surface area contributed by atoms with Gasteiger partial charge < -0.3 is 16.2 Å². The molecule has 1 aliphatic rings. The van der Waals surface area contributed by atoms with Crippen molar-refractivity contribution in [2.75, 3.05) is 11.1 Å². The highest BCUT2D eigenvalue weighted by Crippen LogP contribution is 2.29. The van der Waals surface area contributed by atoms with E-state index < -0.39 is 5.97 Å². The third-order valence-electron chi connectivity index (χ3n) is 4.03. The largest absolute Gasteiger partial charge is 0.478 e. The van der Waals surface area contributed by atoms with E-state index in [4.69, 9.17) is 16.1 Å². The average molecular weight is 331 g/mol. The summed E-state index contributed by atoms with van der Waals surface area (Å²) in [6, 6.07) is 14.5. The smallest absolute Gasteiger partial charge is 0.335 e. The highest BCUT2D eigenvalue weighted by atomic mass is 16.4. The number of anilines is 3. The van der Waals surface area contributed by atoms with Gasteiger partial charge in [-0.3, -0.25) is 0 Å². The molecule has 3 rings (SSSR count). The van der Waals surface area contributed by atoms with E-state index in [0.29, 0.717) is 11.4 Å². The van der Waals surface area contributed by atoms with E-state index in [0.717, 1.165) is 35.2 Å². The van der Waals surface area contributed by atoms with Gasteiger partial charge in [-0.25, -0.2) is 4.79 Å². The van der Waals surface area contributed by atoms with Crippen molar-refractivity contribution in [2.24, 2.45) is 0 Å². The van der Waals surface area contributed by atoms with Crippen molar-refractivity contribution in [1.29, 1.82) is 5.26 Å². The van der Waals surface area contributed by atoms with E-state index in [1.807, 2.05) is 30.3 Å². The number of allylic oxidation sites excluding steroid dienone is 4. The van der Waals surface area contributed by atoms with Crippen molar-refractivity contribution >= 4 is 28.6 Å². The van der Waals surface area contributed by atoms with E-state index in [9.17, 15) is 4.79 Å². The predicted molar refractivity (Wildman–Crippen MR) is 98.4 cm³/mol. The van der Waals surface area contributed by atoms with Crippen LogP contribution in [0.2, 0.25) is 0 Å². The Bertz CT molecular complexity index is 936. The van der Waals surface area contributed by atoms with Gasteiger partial charge in [-0.05, 0) is 60.4 Å². The van der Waals surface area contributed by atoms with E-state index >= 15 is 0 Å². The van der Waals surface area contributed by atoms with Gasteiger partial charge in [-0.15, -0.1) is 0 Å². The van der Waals surface area contributed by atoms with E-state index in [1.165, 1.54) is 12.1 Å². The van der Waals surface area contributed by atoms with Gasteiger partial charge in [0.15, 0.2) is 0 Å². The van der Waals surface area contributed by atoms with Gasteiger partial charge in [0.1, 0.15) is 0 Å². The van der Waals surface area contributed by atoms with Crippen molar-refractivity contribution in [3.63, 3.8) is 0 Å². The van der Waals surface area contributed by atoms with Crippen molar-refractivity contribution in [3.8, 4) is 6.07 Å². The van der Waals surface area contributed by atoms with Gasteiger partial charge in [-0.2, -0.15) is 5.26 Å². The van der Waals surface area contributed by atoms with Crippen LogP contribution in [0.5, 0.6) is 0 Å². The summed E-state index contributed by atoms with van der Waals surface area (Å²) in [6.07, 6.45) is 5.64. The zero-order valence-corrected chi connectivity index (χ0v) is 13.5. The molecule has 0 amide bonds. The highest BCUT2D eigenvalue weighted by molar-refractivity contribution is 5.91. The van der Waals surface area contributed by atoms with Crippen LogP contribution in [-0.2, 0) is 0 Å². The summed E-state index contributed by atoms with van der Waals surface area (Å²) < 4.78 is 0. The third-order valence-corrected chi connectivity index (χ3v) is 4.03. The molecule has 0 unspecified atom stereocenters. The molecule has 5 nitrogen and oxygen atoms in total. The first-order valence-corrected chi connectivity index (χ1v) is 7.88. The first kappa shape index (κ1) is 16.3. The molecule has 2 aromatic rings. The van der Waals surface area contributed by atoms with Gasteiger partial charge in [-0.1, -0.05) is 18.2 Å². The summed E-state index contributed by atoms with van der Waals surface area (Å²) in [5.74, 6) is -1.00. The molecule has 0 fully saturated rings. The zero-order chi connectivity index (χ0) is 17.8. The molecule has 4 N–H and O–H groups in total. The van der Waals surface area contributed by atoms with E-state index in [-0.39, 0.29) is 5.56 Å². The Morgan fingerprint density at radius 3 is 2.84 bits per heavy atom. The number of aromatic carboxylic acids is 1. The van der Waals surface area contributed by atoms with Crippen molar-refractivity contribution in [1.82, 2.24) is 0 Å². The Kier molecular flexibility index (Phi) is 4.53. The van der Waals surface area contributed by atoms with Crippen LogP contribution in [0, 0.1) is 11.3 Å². The minimum Gasteiger partial charge on any atom is -0.478 e. The lowest BCUT2D eigenvalue weighted by atomic mass is 9.95. The number of carbonyl (C=O) groups is 1. The normalized spacial score (nSPS) is 13.4. The predicted octanol–water partition coefficient (Wildman–Crippen LogP) is 4.34. The molecule has 0 aromatic heterocycles. The summed E-state index contributed by atoms with van der Waals surface area (Å²) >= 11 is 0. The number of carboxylic acids is 1. The molecule has 0 saturated heterocycles. The van der Waals surface area contributed by atoms with Crippen LogP contribution in [0.25, 0.3) is 5.57 Å². The highest BCUT2D eigenvalue weighted by Gasteiger charge is 2.10. The second kappa shape index (κ2) is 6.93. The first-order valence-electron chi connectivity index (χ1n) is 7.88. The standard InChI is InChI=1S/C20H17N3O2/c21-12-13-3-1-4-14(9-13)15-5-2-6-17(10-15)23-19-11-16(20(24)25)7-8-18(19)22/h2,4-11,23H,1,3,22H2,(H,24,25). The number of hydrogen-bond donors (Lipinski definition) is 3. The molecule has 0 bridgehead atoms. The fourth-order valence-electron chi connectivity index (χ4n) is 2.72. The number of hydrogen-bond acceptors (Lipinski definition) is 4. The molecular weight excluding hydrogens is 314 g/mol. The third kappa shape index (κ3) is 3.70. The van der Waals surface area contributed by atoms with Crippen LogP contribution < -0.4 is 11.1 Å². The number of nitrogens with two attached hydrogens (primary N) is 1. The minimum atomic E-state index is -1.00. The second-order valence-electron chi connectivity index (χ2n) is 5.79. The van der Waals surface area contributed by atoms with Gasteiger partial charge >= 0.3 is 5.97 Å². The summed E-state index contributed by atoms with van der Waals surface area (Å²) in [7, 11) is 0. The Labute approximate surface area is 145 Å². The fraction of sp³-hybridized carbons (Fsp3) is 0.100. The van der Waals surface area contributed by atoms with Gasteiger partial charge in [0.25, 0.3) is 0 Å². The number of nitriles is 1. The number of nitrogens with zero attached hydrogens (tertiary/aromatic N) is 1. The molecule has 2 aromatic carbocycles. The molecule has 124 valence electrons. The lowest BCUT2D eigenvalue weighted by molar-refractivity contribution is 0.0697. The Morgan fingerprint density at radius 2 is 2.08 bits per heavy atom. The van der Waals surface area contributed by atoms with Crippen molar-refractivity contribution in [2.45, 2.75) is 12.8 Å². The van der Waals surface area contributed by atoms with Crippen LogP contribution in [0.15, 0.2) is 60.2 Å². The number of nitrogen functional groups attached to an aromatic ring is 1. The molecular formula is C20H17N3O2. The van der Waals surface area contributed by atoms with Crippen LogP contribution in [0.3, 0.4) is 0 Å². The fourth-order valence-corrected chi connectivity index (χ4v) is 2.72. The molecule has 0 spiro atoms. The Hall–Kier alpha value is -3.52. The van der Waals surface area contributed by atoms with E-state index in [1.54, 1.807) is 6.07 Å². The van der Waals surface area contributed by atoms with Crippen molar-refractivity contribution in [3.05, 3.63) is 71.3 Å². The second-order valence-corrected chi connectivity index (χ2v) is 5.79. The Morgan fingerprint density at radius 1 is 1.24 bits per heavy atom. The monoisotopic (exact) mass is 331 g/mol. The number of carboxylic acid groups (broad SMARTS) is 1. The molecule has 0 saturated carbocycles. The first-order chi connectivity index (χ1) is 12.1. The summed E-state index contributed by atoms with van der Waals surface area (Å²) in [5.41, 5.74) is 10.7. The van der Waals surface area contributed by atoms with Crippen LogP contribution in [0.1, 0.15) is 28.8 Å². The molecule has 1 aliphatic carbocycles. The minimum absolute atomic E-state index is 0.171. The maximum Gasteiger partial charge on any atom is 0.335 e. The SMILES string of the molecule is N#CC1=CC(c2cccc(Nc3cc(C(=O)O)ccc3N)c2)=CCC1. The maximum absolute atomic E-state index is 11.1. The number of rotatable bonds is 4. The van der Waals surface area contributed by atoms with Crippen molar-refractivity contribution < 1.29 is 9.90 Å². The summed E-state index contributed by atoms with van der Waals surface area (Å²) in [5, 5.41) is 21.4. The average Bonchev–Trinajstić information content (AvgIpc) is 2.63. The van der Waals surface area contributed by atoms with Crippen LogP contribution in [-0.4, -0.2) is 11.1 Å². The van der Waals surface area contributed by atoms with Crippen LogP contribution in [0.4, 0.5) is 17.1 Å². The molecule has 0 atom stereocenters. The molecule has 0 radical (unpaired) electrons. The van der Waals surface area contributed by atoms with Crippen LogP contribution >= 0.6 is 0 Å². The lowest BCUT2D eigenvalue weighted by Gasteiger charge is -2.13. The van der Waals surface area contributed by atoms with Gasteiger partial charge in [0.2, 0.25) is 0 Å². The zero-order valence-electron chi connectivity index (χ0n) is 13.5. The Balaban J connectivity index is 1.90. The maximum atomic E-state index is 11.1. The summed E-state index contributed by atoms with van der Waals surface area (Å²) in [4.78, 5) is 11.1. The van der Waals surface area contributed by atoms with Gasteiger partial charge in [0, 0.05) is 11.3 Å². The number of nitrogens with one attached hydrogen (secondary N) is 1. The van der Waals surface area contributed by atoms with E-state index in [2.05, 4.69) is 17.5 Å². The summed E-state index contributed by atoms with van der Waals surface area (Å²) in [6.45, 7) is 0. The molecule has 0 heterocycles. The quantitative estimate of drug-likeness (QED) is 0.724.